The zero-order valence-electron chi connectivity index (χ0n) is 12.7. The van der Waals surface area contributed by atoms with Crippen LogP contribution in [0.25, 0.3) is 0 Å². The first-order chi connectivity index (χ1) is 10.5. The number of halogens is 1. The lowest BCUT2D eigenvalue weighted by Gasteiger charge is -2.16. The minimum atomic E-state index is -0.670. The van der Waals surface area contributed by atoms with Crippen molar-refractivity contribution in [3.05, 3.63) is 53.1 Å². The van der Waals surface area contributed by atoms with Gasteiger partial charge in [-0.15, -0.1) is 0 Å². The number of hydrogen-bond donors (Lipinski definition) is 1. The number of para-hydroxylation sites is 2. The number of methoxy groups -OCH3 is 1. The number of amides is 1. The van der Waals surface area contributed by atoms with Crippen molar-refractivity contribution < 1.29 is 14.3 Å². The summed E-state index contributed by atoms with van der Waals surface area (Å²) in [6.07, 6.45) is -0.670. The van der Waals surface area contributed by atoms with E-state index in [9.17, 15) is 4.79 Å². The molecule has 0 aliphatic carbocycles. The second-order valence-electron chi connectivity index (χ2n) is 4.86. The van der Waals surface area contributed by atoms with Gasteiger partial charge in [0.15, 0.2) is 17.6 Å². The molecule has 0 aliphatic heterocycles. The second-order valence-corrected chi connectivity index (χ2v) is 5.27. The normalized spacial score (nSPS) is 11.6. The molecule has 22 heavy (non-hydrogen) atoms. The molecule has 0 aromatic heterocycles. The van der Waals surface area contributed by atoms with Gasteiger partial charge in [0.2, 0.25) is 0 Å². The van der Waals surface area contributed by atoms with E-state index in [2.05, 4.69) is 5.32 Å². The molecule has 116 valence electrons. The Bertz CT molecular complexity index is 673. The molecule has 5 heteroatoms. The zero-order valence-corrected chi connectivity index (χ0v) is 13.5. The maximum absolute atomic E-state index is 12.2. The lowest BCUT2D eigenvalue weighted by atomic mass is 10.2. The van der Waals surface area contributed by atoms with Gasteiger partial charge < -0.3 is 14.8 Å². The molecule has 1 N–H and O–H groups in total. The number of carbonyl (C=O) groups is 1. The van der Waals surface area contributed by atoms with Crippen LogP contribution in [0.5, 0.6) is 11.5 Å². The molecule has 0 fully saturated rings. The lowest BCUT2D eigenvalue weighted by Crippen LogP contribution is -2.30. The Balaban J connectivity index is 2.04. The Morgan fingerprint density at radius 3 is 2.50 bits per heavy atom. The average Bonchev–Trinajstić information content (AvgIpc) is 2.51. The molecule has 1 atom stereocenters. The minimum Gasteiger partial charge on any atom is -0.493 e. The number of nitrogens with one attached hydrogen (secondary N) is 1. The van der Waals surface area contributed by atoms with Crippen LogP contribution in [0.15, 0.2) is 42.5 Å². The van der Waals surface area contributed by atoms with Gasteiger partial charge in [-0.3, -0.25) is 4.79 Å². The molecular weight excluding hydrogens is 302 g/mol. The van der Waals surface area contributed by atoms with Gasteiger partial charge in [0.1, 0.15) is 0 Å². The predicted octanol–water partition coefficient (Wildman–Crippen LogP) is 4.06. The van der Waals surface area contributed by atoms with Crippen molar-refractivity contribution in [2.45, 2.75) is 20.0 Å². The molecule has 0 saturated heterocycles. The van der Waals surface area contributed by atoms with E-state index in [1.54, 1.807) is 38.3 Å². The van der Waals surface area contributed by atoms with Gasteiger partial charge >= 0.3 is 0 Å². The minimum absolute atomic E-state index is 0.258. The van der Waals surface area contributed by atoms with E-state index in [-0.39, 0.29) is 5.91 Å². The number of anilines is 1. The second kappa shape index (κ2) is 7.18. The third-order valence-corrected chi connectivity index (χ3v) is 3.59. The Morgan fingerprint density at radius 1 is 1.18 bits per heavy atom. The van der Waals surface area contributed by atoms with Crippen LogP contribution in [0.2, 0.25) is 5.02 Å². The topological polar surface area (TPSA) is 47.6 Å². The number of aryl methyl sites for hydroxylation is 1. The quantitative estimate of drug-likeness (QED) is 0.904. The first-order valence-corrected chi connectivity index (χ1v) is 7.25. The molecule has 0 radical (unpaired) electrons. The molecule has 0 aliphatic rings. The van der Waals surface area contributed by atoms with Gasteiger partial charge in [0.25, 0.3) is 5.91 Å². The fraction of sp³-hybridized carbons (Fsp3) is 0.235. The van der Waals surface area contributed by atoms with E-state index >= 15 is 0 Å². The summed E-state index contributed by atoms with van der Waals surface area (Å²) in [6, 6.07) is 12.6. The average molecular weight is 320 g/mol. The summed E-state index contributed by atoms with van der Waals surface area (Å²) in [6.45, 7) is 3.58. The van der Waals surface area contributed by atoms with Gasteiger partial charge in [-0.2, -0.15) is 0 Å². The maximum atomic E-state index is 12.2. The highest BCUT2D eigenvalue weighted by atomic mass is 35.5. The highest BCUT2D eigenvalue weighted by Crippen LogP contribution is 2.27. The number of ether oxygens (including phenoxy) is 2. The SMILES string of the molecule is COc1ccccc1OC(C)C(=O)Nc1ccc(C)c(Cl)c1. The van der Waals surface area contributed by atoms with Crippen LogP contribution in [0.4, 0.5) is 5.69 Å². The van der Waals surface area contributed by atoms with Crippen molar-refractivity contribution in [2.75, 3.05) is 12.4 Å². The van der Waals surface area contributed by atoms with E-state index in [1.165, 1.54) is 0 Å². The molecule has 0 heterocycles. The first kappa shape index (κ1) is 16.2. The van der Waals surface area contributed by atoms with Crippen molar-refractivity contribution in [1.29, 1.82) is 0 Å². The Hall–Kier alpha value is -2.20. The van der Waals surface area contributed by atoms with Gasteiger partial charge in [-0.25, -0.2) is 0 Å². The molecule has 4 nitrogen and oxygen atoms in total. The molecule has 0 saturated carbocycles. The smallest absolute Gasteiger partial charge is 0.265 e. The molecule has 2 rings (SSSR count). The molecule has 1 amide bonds. The molecule has 2 aromatic carbocycles. The summed E-state index contributed by atoms with van der Waals surface area (Å²) < 4.78 is 10.9. The highest BCUT2D eigenvalue weighted by Gasteiger charge is 2.17. The Morgan fingerprint density at radius 2 is 1.86 bits per heavy atom. The van der Waals surface area contributed by atoms with E-state index in [0.29, 0.717) is 22.2 Å². The van der Waals surface area contributed by atoms with Gasteiger partial charge in [0, 0.05) is 10.7 Å². The van der Waals surface area contributed by atoms with Crippen molar-refractivity contribution in [3.63, 3.8) is 0 Å². The van der Waals surface area contributed by atoms with E-state index in [1.807, 2.05) is 25.1 Å². The van der Waals surface area contributed by atoms with Crippen molar-refractivity contribution in [3.8, 4) is 11.5 Å². The monoisotopic (exact) mass is 319 g/mol. The van der Waals surface area contributed by atoms with Crippen LogP contribution in [0, 0.1) is 6.92 Å². The van der Waals surface area contributed by atoms with Crippen molar-refractivity contribution in [2.24, 2.45) is 0 Å². The summed E-state index contributed by atoms with van der Waals surface area (Å²) >= 11 is 6.05. The predicted molar refractivity (Wildman–Crippen MR) is 87.9 cm³/mol. The summed E-state index contributed by atoms with van der Waals surface area (Å²) in [5, 5.41) is 3.39. The van der Waals surface area contributed by atoms with E-state index in [0.717, 1.165) is 5.56 Å². The standard InChI is InChI=1S/C17H18ClNO3/c1-11-8-9-13(10-14(11)18)19-17(20)12(2)22-16-7-5-4-6-15(16)21-3/h4-10,12H,1-3H3,(H,19,20). The zero-order chi connectivity index (χ0) is 16.1. The van der Waals surface area contributed by atoms with E-state index < -0.39 is 6.10 Å². The van der Waals surface area contributed by atoms with Crippen LogP contribution in [-0.4, -0.2) is 19.1 Å². The largest absolute Gasteiger partial charge is 0.493 e. The van der Waals surface area contributed by atoms with Crippen molar-refractivity contribution in [1.82, 2.24) is 0 Å². The summed E-state index contributed by atoms with van der Waals surface area (Å²) in [7, 11) is 1.56. The molecule has 1 unspecified atom stereocenters. The van der Waals surface area contributed by atoms with Crippen molar-refractivity contribution >= 4 is 23.2 Å². The molecule has 2 aromatic rings. The molecule has 0 bridgehead atoms. The molecular formula is C17H18ClNO3. The number of carbonyl (C=O) groups excluding carboxylic acids is 1. The Labute approximate surface area is 135 Å². The van der Waals surface area contributed by atoms with Crippen LogP contribution >= 0.6 is 11.6 Å². The van der Waals surface area contributed by atoms with Crippen LogP contribution in [0.3, 0.4) is 0 Å². The number of benzene rings is 2. The summed E-state index contributed by atoms with van der Waals surface area (Å²) in [4.78, 5) is 12.2. The summed E-state index contributed by atoms with van der Waals surface area (Å²) in [5.74, 6) is 0.848. The maximum Gasteiger partial charge on any atom is 0.265 e. The fourth-order valence-electron chi connectivity index (χ4n) is 1.87. The van der Waals surface area contributed by atoms with Crippen LogP contribution < -0.4 is 14.8 Å². The summed E-state index contributed by atoms with van der Waals surface area (Å²) in [5.41, 5.74) is 1.59. The Kier molecular flexibility index (Phi) is 5.28. The van der Waals surface area contributed by atoms with Gasteiger partial charge in [-0.1, -0.05) is 29.8 Å². The third-order valence-electron chi connectivity index (χ3n) is 3.18. The fourth-order valence-corrected chi connectivity index (χ4v) is 2.06. The lowest BCUT2D eigenvalue weighted by molar-refractivity contribution is -0.122. The number of hydrogen-bond acceptors (Lipinski definition) is 3. The van der Waals surface area contributed by atoms with E-state index in [4.69, 9.17) is 21.1 Å². The van der Waals surface area contributed by atoms with Crippen LogP contribution in [0.1, 0.15) is 12.5 Å². The molecule has 0 spiro atoms. The first-order valence-electron chi connectivity index (χ1n) is 6.88. The highest BCUT2D eigenvalue weighted by molar-refractivity contribution is 6.31. The van der Waals surface area contributed by atoms with Gasteiger partial charge in [-0.05, 0) is 43.7 Å². The number of rotatable bonds is 5. The van der Waals surface area contributed by atoms with Crippen LogP contribution in [-0.2, 0) is 4.79 Å². The third kappa shape index (κ3) is 3.92. The van der Waals surface area contributed by atoms with Gasteiger partial charge in [0.05, 0.1) is 7.11 Å².